The van der Waals surface area contributed by atoms with Crippen molar-refractivity contribution in [1.82, 2.24) is 0 Å². The van der Waals surface area contributed by atoms with E-state index in [-0.39, 0.29) is 12.8 Å². The fraction of sp³-hybridized carbons (Fsp3) is 0.308. The van der Waals surface area contributed by atoms with Gasteiger partial charge in [0.25, 0.3) is 0 Å². The smallest absolute Gasteiger partial charge is 0.338 e. The summed E-state index contributed by atoms with van der Waals surface area (Å²) in [6.07, 6.45) is -0.953. The number of carbonyl (C=O) groups is 2. The van der Waals surface area contributed by atoms with Crippen molar-refractivity contribution in [2.24, 2.45) is 0 Å². The third-order valence-electron chi connectivity index (χ3n) is 2.22. The maximum absolute atomic E-state index is 11.7. The first-order chi connectivity index (χ1) is 8.67. The topological polar surface area (TPSA) is 76.4 Å². The Morgan fingerprint density at radius 2 is 2.00 bits per heavy atom. The predicted molar refractivity (Wildman–Crippen MR) is 62.5 cm³/mol. The molecule has 1 aromatic carbocycles. The van der Waals surface area contributed by atoms with E-state index < -0.39 is 18.0 Å². The summed E-state index contributed by atoms with van der Waals surface area (Å²) in [6, 6.07) is 10.3. The van der Waals surface area contributed by atoms with E-state index in [4.69, 9.17) is 10.00 Å². The molecule has 94 valence electrons. The zero-order valence-corrected chi connectivity index (χ0v) is 9.96. The predicted octanol–water partition coefficient (Wildman–Crippen LogP) is 1.69. The molecule has 0 spiro atoms. The van der Waals surface area contributed by atoms with Crippen LogP contribution in [0, 0.1) is 11.3 Å². The number of ether oxygens (including phenoxy) is 2. The molecule has 0 heterocycles. The van der Waals surface area contributed by atoms with Crippen molar-refractivity contribution in [3.05, 3.63) is 35.9 Å². The molecule has 0 aromatic heterocycles. The fourth-order valence-corrected chi connectivity index (χ4v) is 1.32. The molecule has 1 aromatic rings. The van der Waals surface area contributed by atoms with Crippen LogP contribution in [0.15, 0.2) is 30.3 Å². The molecule has 0 aliphatic rings. The van der Waals surface area contributed by atoms with Crippen LogP contribution in [0.4, 0.5) is 0 Å². The lowest BCUT2D eigenvalue weighted by molar-refractivity contribution is -0.142. The maximum atomic E-state index is 11.7. The summed E-state index contributed by atoms with van der Waals surface area (Å²) in [5.74, 6) is -1.07. The van der Waals surface area contributed by atoms with Gasteiger partial charge in [0.1, 0.15) is 6.10 Å². The lowest BCUT2D eigenvalue weighted by Gasteiger charge is -2.13. The molecule has 18 heavy (non-hydrogen) atoms. The van der Waals surface area contributed by atoms with Crippen LogP contribution in [-0.2, 0) is 14.3 Å². The Hall–Kier alpha value is -2.35. The van der Waals surface area contributed by atoms with Crippen LogP contribution in [0.3, 0.4) is 0 Å². The summed E-state index contributed by atoms with van der Waals surface area (Å²) in [6.45, 7) is 0. The van der Waals surface area contributed by atoms with Gasteiger partial charge in [0, 0.05) is 0 Å². The molecule has 0 amide bonds. The van der Waals surface area contributed by atoms with Crippen LogP contribution in [0.5, 0.6) is 0 Å². The number of benzene rings is 1. The highest BCUT2D eigenvalue weighted by atomic mass is 16.6. The van der Waals surface area contributed by atoms with Crippen LogP contribution in [-0.4, -0.2) is 25.2 Å². The first-order valence-corrected chi connectivity index (χ1v) is 5.37. The Morgan fingerprint density at radius 3 is 2.56 bits per heavy atom. The van der Waals surface area contributed by atoms with E-state index in [0.717, 1.165) is 0 Å². The molecule has 0 aliphatic carbocycles. The first-order valence-electron chi connectivity index (χ1n) is 5.37. The van der Waals surface area contributed by atoms with E-state index in [2.05, 4.69) is 4.74 Å². The van der Waals surface area contributed by atoms with E-state index in [1.807, 2.05) is 6.07 Å². The van der Waals surface area contributed by atoms with Crippen molar-refractivity contribution in [3.8, 4) is 6.07 Å². The second-order valence-electron chi connectivity index (χ2n) is 3.54. The van der Waals surface area contributed by atoms with Gasteiger partial charge in [-0.2, -0.15) is 5.26 Å². The van der Waals surface area contributed by atoms with Gasteiger partial charge in [-0.1, -0.05) is 18.2 Å². The number of methoxy groups -OCH3 is 1. The molecule has 5 nitrogen and oxygen atoms in total. The van der Waals surface area contributed by atoms with E-state index in [9.17, 15) is 9.59 Å². The molecule has 0 aliphatic heterocycles. The minimum absolute atomic E-state index is 0.0479. The van der Waals surface area contributed by atoms with Gasteiger partial charge in [0.15, 0.2) is 0 Å². The number of nitrogens with zero attached hydrogens (tertiary/aromatic N) is 1. The molecular formula is C13H13NO4. The van der Waals surface area contributed by atoms with Crippen LogP contribution in [0.2, 0.25) is 0 Å². The van der Waals surface area contributed by atoms with Crippen molar-refractivity contribution in [3.63, 3.8) is 0 Å². The van der Waals surface area contributed by atoms with Crippen molar-refractivity contribution in [2.45, 2.75) is 18.9 Å². The molecule has 1 rings (SSSR count). The van der Waals surface area contributed by atoms with Gasteiger partial charge in [-0.05, 0) is 12.1 Å². The molecule has 0 saturated heterocycles. The Balaban J connectivity index is 2.64. The number of rotatable bonds is 5. The highest BCUT2D eigenvalue weighted by molar-refractivity contribution is 5.89. The van der Waals surface area contributed by atoms with Crippen LogP contribution in [0.1, 0.15) is 23.2 Å². The van der Waals surface area contributed by atoms with Crippen molar-refractivity contribution >= 4 is 11.9 Å². The largest absolute Gasteiger partial charge is 0.469 e. The van der Waals surface area contributed by atoms with Gasteiger partial charge in [-0.15, -0.1) is 0 Å². The van der Waals surface area contributed by atoms with Gasteiger partial charge in [0.2, 0.25) is 0 Å². The summed E-state index contributed by atoms with van der Waals surface area (Å²) in [7, 11) is 1.24. The number of carbonyl (C=O) groups excluding carboxylic acids is 2. The van der Waals surface area contributed by atoms with Crippen molar-refractivity contribution < 1.29 is 19.1 Å². The molecule has 0 bridgehead atoms. The average Bonchev–Trinajstić information content (AvgIpc) is 2.39. The maximum Gasteiger partial charge on any atom is 0.338 e. The summed E-state index contributed by atoms with van der Waals surface area (Å²) in [4.78, 5) is 22.8. The third-order valence-corrected chi connectivity index (χ3v) is 2.22. The summed E-state index contributed by atoms with van der Waals surface area (Å²) >= 11 is 0. The third kappa shape index (κ3) is 4.26. The van der Waals surface area contributed by atoms with Gasteiger partial charge in [0.05, 0.1) is 31.6 Å². The monoisotopic (exact) mass is 247 g/mol. The SMILES string of the molecule is COC(=O)CC(CC#N)OC(=O)c1ccccc1. The number of hydrogen-bond acceptors (Lipinski definition) is 5. The molecule has 0 radical (unpaired) electrons. The Labute approximate surface area is 105 Å². The quantitative estimate of drug-likeness (QED) is 0.740. The number of nitriles is 1. The minimum atomic E-state index is -0.782. The highest BCUT2D eigenvalue weighted by Crippen LogP contribution is 2.09. The lowest BCUT2D eigenvalue weighted by atomic mass is 10.2. The van der Waals surface area contributed by atoms with Crippen LogP contribution < -0.4 is 0 Å². The normalized spacial score (nSPS) is 11.1. The minimum Gasteiger partial charge on any atom is -0.469 e. The summed E-state index contributed by atoms with van der Waals surface area (Å²) in [5.41, 5.74) is 0.380. The molecule has 1 unspecified atom stereocenters. The second kappa shape index (κ2) is 7.07. The molecular weight excluding hydrogens is 234 g/mol. The standard InChI is InChI=1S/C13H13NO4/c1-17-12(15)9-11(7-8-14)18-13(16)10-5-3-2-4-6-10/h2-6,11H,7,9H2,1H3. The Kier molecular flexibility index (Phi) is 5.39. The highest BCUT2D eigenvalue weighted by Gasteiger charge is 2.19. The molecule has 5 heteroatoms. The zero-order valence-electron chi connectivity index (χ0n) is 9.96. The van der Waals surface area contributed by atoms with Crippen molar-refractivity contribution in [2.75, 3.05) is 7.11 Å². The Morgan fingerprint density at radius 1 is 1.33 bits per heavy atom. The van der Waals surface area contributed by atoms with Crippen molar-refractivity contribution in [1.29, 1.82) is 5.26 Å². The molecule has 0 saturated carbocycles. The zero-order chi connectivity index (χ0) is 13.4. The number of esters is 2. The van der Waals surface area contributed by atoms with Crippen LogP contribution in [0.25, 0.3) is 0 Å². The Bertz CT molecular complexity index is 450. The van der Waals surface area contributed by atoms with E-state index >= 15 is 0 Å². The van der Waals surface area contributed by atoms with Gasteiger partial charge in [-0.25, -0.2) is 4.79 Å². The van der Waals surface area contributed by atoms with Gasteiger partial charge < -0.3 is 9.47 Å². The fourth-order valence-electron chi connectivity index (χ4n) is 1.32. The van der Waals surface area contributed by atoms with E-state index in [1.165, 1.54) is 7.11 Å². The molecule has 0 N–H and O–H groups in total. The lowest BCUT2D eigenvalue weighted by Crippen LogP contribution is -2.22. The van der Waals surface area contributed by atoms with Crippen LogP contribution >= 0.6 is 0 Å². The average molecular weight is 247 g/mol. The van der Waals surface area contributed by atoms with Gasteiger partial charge >= 0.3 is 11.9 Å². The summed E-state index contributed by atoms with van der Waals surface area (Å²) in [5, 5.41) is 8.61. The van der Waals surface area contributed by atoms with E-state index in [0.29, 0.717) is 5.56 Å². The number of hydrogen-bond donors (Lipinski definition) is 0. The molecule has 0 fully saturated rings. The van der Waals surface area contributed by atoms with E-state index in [1.54, 1.807) is 30.3 Å². The van der Waals surface area contributed by atoms with Gasteiger partial charge in [-0.3, -0.25) is 4.79 Å². The summed E-state index contributed by atoms with van der Waals surface area (Å²) < 4.78 is 9.56. The first kappa shape index (κ1) is 13.7. The molecule has 1 atom stereocenters. The second-order valence-corrected chi connectivity index (χ2v) is 3.54.